The average Bonchev–Trinajstić information content (AvgIpc) is 3.30. The van der Waals surface area contributed by atoms with E-state index in [1.807, 2.05) is 0 Å². The predicted octanol–water partition coefficient (Wildman–Crippen LogP) is 11.8. The third-order valence-electron chi connectivity index (χ3n) is 14.0. The monoisotopic (exact) mass is 691 g/mol. The maximum atomic E-state index is 13.2. The summed E-state index contributed by atoms with van der Waals surface area (Å²) in [6.07, 6.45) is 12.3. The number of fused-ring (bicyclic) bond motifs is 1. The smallest absolute Gasteiger partial charge is 0.241 e. The van der Waals surface area contributed by atoms with E-state index >= 15 is 0 Å². The van der Waals surface area contributed by atoms with Crippen molar-refractivity contribution in [2.24, 2.45) is 29.1 Å². The van der Waals surface area contributed by atoms with Crippen LogP contribution in [0.3, 0.4) is 0 Å². The highest BCUT2D eigenvalue weighted by molar-refractivity contribution is 6.74. The molecular formula is C40H71F2NO2Si2. The van der Waals surface area contributed by atoms with Gasteiger partial charge in [0, 0.05) is 12.5 Å². The quantitative estimate of drug-likeness (QED) is 0.177. The summed E-state index contributed by atoms with van der Waals surface area (Å²) < 4.78 is 40.7. The Kier molecular flexibility index (Phi) is 12.1. The first-order valence-corrected chi connectivity index (χ1v) is 24.8. The summed E-state index contributed by atoms with van der Waals surface area (Å²) in [6.45, 7) is 35.7. The van der Waals surface area contributed by atoms with Crippen LogP contribution in [-0.2, 0) is 8.85 Å². The second-order valence-corrected chi connectivity index (χ2v) is 28.8. The molecular weight excluding hydrogens is 621 g/mol. The normalized spacial score (nSPS) is 32.3. The summed E-state index contributed by atoms with van der Waals surface area (Å²) in [4.78, 5) is 2.48. The molecule has 7 heteroatoms. The van der Waals surface area contributed by atoms with Crippen LogP contribution in [-0.4, -0.2) is 59.8 Å². The summed E-state index contributed by atoms with van der Waals surface area (Å²) in [5.74, 6) is 1.53. The fourth-order valence-electron chi connectivity index (χ4n) is 8.83. The molecule has 1 heterocycles. The number of hydrogen-bond donors (Lipinski definition) is 0. The molecule has 0 aromatic heterocycles. The number of nitrogens with zero attached hydrogens (tertiary/aromatic N) is 1. The molecule has 0 bridgehead atoms. The van der Waals surface area contributed by atoms with Crippen molar-refractivity contribution in [3.05, 3.63) is 35.5 Å². The van der Waals surface area contributed by atoms with Gasteiger partial charge < -0.3 is 13.8 Å². The van der Waals surface area contributed by atoms with Crippen LogP contribution in [0.2, 0.25) is 36.3 Å². The van der Waals surface area contributed by atoms with Crippen LogP contribution in [0.5, 0.6) is 0 Å². The van der Waals surface area contributed by atoms with E-state index < -0.39 is 29.0 Å². The predicted molar refractivity (Wildman–Crippen MR) is 201 cm³/mol. The highest BCUT2D eigenvalue weighted by Crippen LogP contribution is 2.59. The lowest BCUT2D eigenvalue weighted by Gasteiger charge is -2.46. The van der Waals surface area contributed by atoms with Crippen LogP contribution in [0.25, 0.3) is 0 Å². The zero-order chi connectivity index (χ0) is 35.2. The second kappa shape index (κ2) is 14.6. The Morgan fingerprint density at radius 1 is 0.894 bits per heavy atom. The molecule has 0 spiro atoms. The summed E-state index contributed by atoms with van der Waals surface area (Å²) in [7, 11) is -4.00. The van der Waals surface area contributed by atoms with E-state index in [2.05, 4.69) is 105 Å². The van der Waals surface area contributed by atoms with Gasteiger partial charge in [0.2, 0.25) is 6.43 Å². The number of allylic oxidation sites excluding steroid dienone is 3. The van der Waals surface area contributed by atoms with E-state index in [0.717, 1.165) is 38.0 Å². The first kappa shape index (κ1) is 39.2. The lowest BCUT2D eigenvalue weighted by Crippen LogP contribution is -2.49. The summed E-state index contributed by atoms with van der Waals surface area (Å²) in [5.41, 5.74) is 4.55. The van der Waals surface area contributed by atoms with Crippen molar-refractivity contribution in [1.29, 1.82) is 0 Å². The minimum atomic E-state index is -2.16. The van der Waals surface area contributed by atoms with Crippen molar-refractivity contribution in [2.45, 2.75) is 168 Å². The van der Waals surface area contributed by atoms with Gasteiger partial charge in [-0.1, -0.05) is 85.3 Å². The molecule has 4 fully saturated rings. The molecule has 0 aromatic rings. The van der Waals surface area contributed by atoms with Gasteiger partial charge in [-0.05, 0) is 136 Å². The molecule has 0 amide bonds. The summed E-state index contributed by atoms with van der Waals surface area (Å²) in [6, 6.07) is 0. The molecule has 0 radical (unpaired) electrons. The van der Waals surface area contributed by atoms with Crippen LogP contribution >= 0.6 is 0 Å². The topological polar surface area (TPSA) is 21.7 Å². The number of piperidine rings is 1. The molecule has 3 nitrogen and oxygen atoms in total. The van der Waals surface area contributed by atoms with E-state index in [1.54, 1.807) is 5.57 Å². The Hall–Kier alpha value is -0.606. The van der Waals surface area contributed by atoms with Crippen molar-refractivity contribution in [3.8, 4) is 0 Å². The van der Waals surface area contributed by atoms with Gasteiger partial charge in [0.25, 0.3) is 0 Å². The number of alkyl halides is 2. The standard InChI is InChI=1S/C40H71F2NO2Si2/c1-28(27-43-23-20-32(21-24-43)37(41)42)33-18-19-34-31(15-14-22-40(33,34)9)17-16-30-25-35(44-46(10,11)38(3,4)5)29(2)36(26-30)45-47(12,13)39(6,7)8/h16-17,28,32-37H,2,14-15,18-27H2,1,3-13H3/b30-16?,31-17+/t28-,33+,34-,35?,36?,40+/m0/s1. The van der Waals surface area contributed by atoms with Gasteiger partial charge in [-0.15, -0.1) is 0 Å². The third-order valence-corrected chi connectivity index (χ3v) is 23.0. The van der Waals surface area contributed by atoms with E-state index in [4.69, 9.17) is 8.85 Å². The Morgan fingerprint density at radius 2 is 1.43 bits per heavy atom. The maximum absolute atomic E-state index is 13.2. The minimum Gasteiger partial charge on any atom is -0.410 e. The minimum absolute atomic E-state index is 0.00292. The Labute approximate surface area is 290 Å². The molecule has 3 aliphatic carbocycles. The number of likely N-dealkylation sites (tertiary alicyclic amines) is 1. The lowest BCUT2D eigenvalue weighted by molar-refractivity contribution is 0.0227. The van der Waals surface area contributed by atoms with Crippen molar-refractivity contribution >= 4 is 16.6 Å². The maximum Gasteiger partial charge on any atom is 0.241 e. The average molecular weight is 692 g/mol. The Bertz CT molecular complexity index is 1120. The zero-order valence-corrected chi connectivity index (χ0v) is 34.4. The summed E-state index contributed by atoms with van der Waals surface area (Å²) >= 11 is 0. The van der Waals surface area contributed by atoms with E-state index in [9.17, 15) is 8.78 Å². The van der Waals surface area contributed by atoms with Gasteiger partial charge in [0.1, 0.15) is 0 Å². The van der Waals surface area contributed by atoms with Crippen LogP contribution in [0, 0.1) is 29.1 Å². The fourth-order valence-corrected chi connectivity index (χ4v) is 11.4. The molecule has 47 heavy (non-hydrogen) atoms. The number of hydrogen-bond acceptors (Lipinski definition) is 3. The van der Waals surface area contributed by atoms with Crippen molar-refractivity contribution < 1.29 is 17.6 Å². The molecule has 270 valence electrons. The summed E-state index contributed by atoms with van der Waals surface area (Å²) in [5, 5.41) is 0.272. The van der Waals surface area contributed by atoms with Crippen LogP contribution in [0.15, 0.2) is 35.5 Å². The SMILES string of the molecule is C=C1C(O[Si](C)(C)C(C)(C)C)CC(=C/C=C2\CCC[C@]3(C)[C@@H]([C@@H](C)CN4CCC(C(F)F)CC4)CC[C@@H]23)CC1O[Si](C)(C)C(C)(C)C. The Morgan fingerprint density at radius 3 is 1.91 bits per heavy atom. The third kappa shape index (κ3) is 8.83. The van der Waals surface area contributed by atoms with E-state index in [0.29, 0.717) is 36.0 Å². The molecule has 4 aliphatic rings. The van der Waals surface area contributed by atoms with Crippen molar-refractivity contribution in [3.63, 3.8) is 0 Å². The Balaban J connectivity index is 1.52. The highest BCUT2D eigenvalue weighted by atomic mass is 28.4. The lowest BCUT2D eigenvalue weighted by atomic mass is 9.61. The molecule has 1 saturated heterocycles. The highest BCUT2D eigenvalue weighted by Gasteiger charge is 2.51. The second-order valence-electron chi connectivity index (χ2n) is 19.3. The van der Waals surface area contributed by atoms with Gasteiger partial charge in [0.05, 0.1) is 12.2 Å². The molecule has 0 aromatic carbocycles. The zero-order valence-electron chi connectivity index (χ0n) is 32.4. The van der Waals surface area contributed by atoms with Crippen LogP contribution in [0.1, 0.15) is 113 Å². The number of halogens is 2. The molecule has 3 saturated carbocycles. The van der Waals surface area contributed by atoms with Gasteiger partial charge in [-0.25, -0.2) is 8.78 Å². The first-order chi connectivity index (χ1) is 21.6. The van der Waals surface area contributed by atoms with Crippen LogP contribution < -0.4 is 0 Å². The van der Waals surface area contributed by atoms with E-state index in [1.165, 1.54) is 37.7 Å². The fraction of sp³-hybridized carbons (Fsp3) is 0.850. The first-order valence-electron chi connectivity index (χ1n) is 19.0. The van der Waals surface area contributed by atoms with Crippen molar-refractivity contribution in [2.75, 3.05) is 19.6 Å². The molecule has 4 rings (SSSR count). The molecule has 6 atom stereocenters. The molecule has 1 aliphatic heterocycles. The van der Waals surface area contributed by atoms with Gasteiger partial charge in [-0.3, -0.25) is 0 Å². The molecule has 2 unspecified atom stereocenters. The number of rotatable bonds is 9. The van der Waals surface area contributed by atoms with Gasteiger partial charge >= 0.3 is 0 Å². The van der Waals surface area contributed by atoms with Crippen molar-refractivity contribution in [1.82, 2.24) is 4.90 Å². The van der Waals surface area contributed by atoms with Gasteiger partial charge in [-0.2, -0.15) is 0 Å². The van der Waals surface area contributed by atoms with Gasteiger partial charge in [0.15, 0.2) is 16.6 Å². The largest absolute Gasteiger partial charge is 0.410 e. The molecule has 0 N–H and O–H groups in total. The van der Waals surface area contributed by atoms with Crippen LogP contribution in [0.4, 0.5) is 8.78 Å². The van der Waals surface area contributed by atoms with E-state index in [-0.39, 0.29) is 22.3 Å².